The van der Waals surface area contributed by atoms with Crippen LogP contribution in [0.25, 0.3) is 0 Å². The second-order valence-electron chi connectivity index (χ2n) is 5.21. The Morgan fingerprint density at radius 1 is 1.15 bits per heavy atom. The van der Waals surface area contributed by atoms with Gasteiger partial charge in [-0.15, -0.1) is 0 Å². The van der Waals surface area contributed by atoms with Crippen molar-refractivity contribution in [1.29, 1.82) is 0 Å². The smallest absolute Gasteiger partial charge is 0.224 e. The van der Waals surface area contributed by atoms with Crippen molar-refractivity contribution in [3.8, 4) is 0 Å². The van der Waals surface area contributed by atoms with Crippen molar-refractivity contribution in [2.75, 3.05) is 23.3 Å². The summed E-state index contributed by atoms with van der Waals surface area (Å²) in [7, 11) is 0. The first kappa shape index (κ1) is 12.9. The van der Waals surface area contributed by atoms with Crippen LogP contribution >= 0.6 is 0 Å². The third-order valence-corrected chi connectivity index (χ3v) is 3.77. The molecule has 104 valence electrons. The maximum atomic E-state index is 4.60. The van der Waals surface area contributed by atoms with E-state index in [0.29, 0.717) is 5.95 Å². The number of anilines is 2. The lowest BCUT2D eigenvalue weighted by Crippen LogP contribution is -2.19. The van der Waals surface area contributed by atoms with Gasteiger partial charge in [-0.3, -0.25) is 0 Å². The van der Waals surface area contributed by atoms with Gasteiger partial charge in [0, 0.05) is 25.8 Å². The highest BCUT2D eigenvalue weighted by molar-refractivity contribution is 5.43. The monoisotopic (exact) mass is 268 g/mol. The second-order valence-corrected chi connectivity index (χ2v) is 5.21. The maximum Gasteiger partial charge on any atom is 0.224 e. The number of hydrogen-bond donors (Lipinski definition) is 1. The van der Waals surface area contributed by atoms with Crippen molar-refractivity contribution in [3.05, 3.63) is 47.7 Å². The molecule has 4 nitrogen and oxygen atoms in total. The van der Waals surface area contributed by atoms with Gasteiger partial charge in [0.2, 0.25) is 5.95 Å². The molecule has 2 heterocycles. The average Bonchev–Trinajstić information content (AvgIpc) is 3.01. The van der Waals surface area contributed by atoms with Crippen molar-refractivity contribution in [2.24, 2.45) is 0 Å². The molecule has 2 aromatic rings. The molecule has 3 rings (SSSR count). The molecule has 1 aliphatic heterocycles. The molecule has 0 radical (unpaired) electrons. The Bertz CT molecular complexity index is 576. The molecule has 0 amide bonds. The van der Waals surface area contributed by atoms with E-state index in [4.69, 9.17) is 0 Å². The van der Waals surface area contributed by atoms with Crippen molar-refractivity contribution >= 4 is 11.8 Å². The Kier molecular flexibility index (Phi) is 3.81. The van der Waals surface area contributed by atoms with Crippen LogP contribution in [0.2, 0.25) is 0 Å². The van der Waals surface area contributed by atoms with Crippen LogP contribution in [0.3, 0.4) is 0 Å². The Morgan fingerprint density at radius 2 is 1.95 bits per heavy atom. The van der Waals surface area contributed by atoms with Crippen LogP contribution in [0.5, 0.6) is 0 Å². The number of rotatable bonds is 4. The molecule has 1 aromatic carbocycles. The van der Waals surface area contributed by atoms with E-state index in [1.165, 1.54) is 24.0 Å². The van der Waals surface area contributed by atoms with Crippen LogP contribution < -0.4 is 10.2 Å². The molecule has 0 unspecified atom stereocenters. The minimum Gasteiger partial charge on any atom is -0.356 e. The fourth-order valence-corrected chi connectivity index (χ4v) is 2.54. The Morgan fingerprint density at radius 3 is 2.75 bits per heavy atom. The van der Waals surface area contributed by atoms with Gasteiger partial charge >= 0.3 is 0 Å². The molecular weight excluding hydrogens is 248 g/mol. The highest BCUT2D eigenvalue weighted by Gasteiger charge is 2.13. The van der Waals surface area contributed by atoms with E-state index in [1.807, 2.05) is 12.3 Å². The SMILES string of the molecule is Cc1ccccc1CNc1nccc(N2CCCC2)n1. The zero-order valence-electron chi connectivity index (χ0n) is 11.8. The van der Waals surface area contributed by atoms with Crippen LogP contribution in [0.4, 0.5) is 11.8 Å². The van der Waals surface area contributed by atoms with E-state index in [0.717, 1.165) is 25.5 Å². The summed E-state index contributed by atoms with van der Waals surface area (Å²) >= 11 is 0. The number of aryl methyl sites for hydroxylation is 1. The lowest BCUT2D eigenvalue weighted by molar-refractivity contribution is 0.922. The topological polar surface area (TPSA) is 41.1 Å². The lowest BCUT2D eigenvalue weighted by atomic mass is 10.1. The van der Waals surface area contributed by atoms with Gasteiger partial charge in [0.25, 0.3) is 0 Å². The number of benzene rings is 1. The first-order chi connectivity index (χ1) is 9.83. The minimum absolute atomic E-state index is 0.706. The number of aromatic nitrogens is 2. The van der Waals surface area contributed by atoms with Crippen molar-refractivity contribution in [1.82, 2.24) is 9.97 Å². The molecule has 0 spiro atoms. The lowest BCUT2D eigenvalue weighted by Gasteiger charge is -2.16. The van der Waals surface area contributed by atoms with Gasteiger partial charge in [-0.2, -0.15) is 4.98 Å². The molecule has 1 aliphatic rings. The molecule has 1 saturated heterocycles. The predicted molar refractivity (Wildman–Crippen MR) is 82.0 cm³/mol. The zero-order valence-corrected chi connectivity index (χ0v) is 11.8. The molecule has 0 bridgehead atoms. The molecule has 20 heavy (non-hydrogen) atoms. The van der Waals surface area contributed by atoms with E-state index in [2.05, 4.69) is 51.4 Å². The normalized spacial score (nSPS) is 14.6. The predicted octanol–water partition coefficient (Wildman–Crippen LogP) is 3.00. The maximum absolute atomic E-state index is 4.60. The average molecular weight is 268 g/mol. The molecule has 4 heteroatoms. The van der Waals surface area contributed by atoms with Gasteiger partial charge in [0.1, 0.15) is 5.82 Å². The molecular formula is C16H20N4. The van der Waals surface area contributed by atoms with Crippen LogP contribution in [0.1, 0.15) is 24.0 Å². The van der Waals surface area contributed by atoms with Crippen LogP contribution in [-0.4, -0.2) is 23.1 Å². The first-order valence-corrected chi connectivity index (χ1v) is 7.19. The van der Waals surface area contributed by atoms with Crippen LogP contribution in [0.15, 0.2) is 36.5 Å². The highest BCUT2D eigenvalue weighted by atomic mass is 15.2. The summed E-state index contributed by atoms with van der Waals surface area (Å²) in [6, 6.07) is 10.4. The van der Waals surface area contributed by atoms with Gasteiger partial charge in [-0.25, -0.2) is 4.98 Å². The third kappa shape index (κ3) is 2.90. The fraction of sp³-hybridized carbons (Fsp3) is 0.375. The van der Waals surface area contributed by atoms with Crippen molar-refractivity contribution in [3.63, 3.8) is 0 Å². The summed E-state index contributed by atoms with van der Waals surface area (Å²) in [6.45, 7) is 5.09. The first-order valence-electron chi connectivity index (χ1n) is 7.19. The number of nitrogens with zero attached hydrogens (tertiary/aromatic N) is 3. The third-order valence-electron chi connectivity index (χ3n) is 3.77. The molecule has 1 aromatic heterocycles. The van der Waals surface area contributed by atoms with E-state index in [9.17, 15) is 0 Å². The van der Waals surface area contributed by atoms with E-state index < -0.39 is 0 Å². The van der Waals surface area contributed by atoms with Gasteiger partial charge in [-0.05, 0) is 37.0 Å². The van der Waals surface area contributed by atoms with E-state index >= 15 is 0 Å². The summed E-state index contributed by atoms with van der Waals surface area (Å²) in [5.41, 5.74) is 2.57. The fourth-order valence-electron chi connectivity index (χ4n) is 2.54. The number of hydrogen-bond acceptors (Lipinski definition) is 4. The van der Waals surface area contributed by atoms with Crippen molar-refractivity contribution in [2.45, 2.75) is 26.3 Å². The van der Waals surface area contributed by atoms with Crippen molar-refractivity contribution < 1.29 is 0 Å². The number of nitrogens with one attached hydrogen (secondary N) is 1. The quantitative estimate of drug-likeness (QED) is 0.925. The summed E-state index contributed by atoms with van der Waals surface area (Å²) in [6.07, 6.45) is 4.35. The molecule has 0 aliphatic carbocycles. The van der Waals surface area contributed by atoms with Gasteiger partial charge in [-0.1, -0.05) is 24.3 Å². The highest BCUT2D eigenvalue weighted by Crippen LogP contribution is 2.18. The standard InChI is InChI=1S/C16H20N4/c1-13-6-2-3-7-14(13)12-18-16-17-9-8-15(19-16)20-10-4-5-11-20/h2-3,6-9H,4-5,10-12H2,1H3,(H,17,18,19). The zero-order chi connectivity index (χ0) is 13.8. The summed E-state index contributed by atoms with van der Waals surface area (Å²) in [5, 5.41) is 3.32. The Balaban J connectivity index is 1.68. The largest absolute Gasteiger partial charge is 0.356 e. The minimum atomic E-state index is 0.706. The molecule has 1 N–H and O–H groups in total. The molecule has 0 atom stereocenters. The Hall–Kier alpha value is -2.10. The van der Waals surface area contributed by atoms with Gasteiger partial charge in [0.15, 0.2) is 0 Å². The summed E-state index contributed by atoms with van der Waals surface area (Å²) in [4.78, 5) is 11.2. The van der Waals surface area contributed by atoms with Crippen LogP contribution in [0, 0.1) is 6.92 Å². The van der Waals surface area contributed by atoms with E-state index in [1.54, 1.807) is 0 Å². The molecule has 1 fully saturated rings. The second kappa shape index (κ2) is 5.90. The Labute approximate surface area is 119 Å². The summed E-state index contributed by atoms with van der Waals surface area (Å²) < 4.78 is 0. The van der Waals surface area contributed by atoms with Crippen LogP contribution in [-0.2, 0) is 6.54 Å². The van der Waals surface area contributed by atoms with E-state index in [-0.39, 0.29) is 0 Å². The van der Waals surface area contributed by atoms with Gasteiger partial charge < -0.3 is 10.2 Å². The summed E-state index contributed by atoms with van der Waals surface area (Å²) in [5.74, 6) is 1.74. The molecule has 0 saturated carbocycles. The van der Waals surface area contributed by atoms with Gasteiger partial charge in [0.05, 0.1) is 0 Å².